The quantitative estimate of drug-likeness (QED) is 0.168. The SMILES string of the molecule is N#Cc1ccc2c(c1)C1(c3ccccc3-c3ccccc31)c1cc(-c3cc(-c4ccncc4)cc(-c4cc(-c5ccc(-c6ccccc6)cc5)cc(-c5ccccc5)n4)c3)ccc1-2. The average molecular weight is 800 g/mol. The number of fused-ring (bicyclic) bond motifs is 10. The molecule has 2 aliphatic carbocycles. The minimum atomic E-state index is -0.581. The zero-order valence-corrected chi connectivity index (χ0v) is 34.2. The van der Waals surface area contributed by atoms with Crippen LogP contribution in [0.3, 0.4) is 0 Å². The maximum atomic E-state index is 10.2. The van der Waals surface area contributed by atoms with Crippen LogP contribution in [0.5, 0.6) is 0 Å². The van der Waals surface area contributed by atoms with E-state index in [-0.39, 0.29) is 0 Å². The van der Waals surface area contributed by atoms with Gasteiger partial charge in [0, 0.05) is 23.5 Å². The fourth-order valence-electron chi connectivity index (χ4n) is 10.1. The zero-order valence-electron chi connectivity index (χ0n) is 34.2. The molecule has 0 unspecified atom stereocenters. The first-order valence-electron chi connectivity index (χ1n) is 21.3. The molecule has 0 bridgehead atoms. The van der Waals surface area contributed by atoms with Crippen LogP contribution >= 0.6 is 0 Å². The van der Waals surface area contributed by atoms with Gasteiger partial charge in [0.15, 0.2) is 0 Å². The first-order valence-corrected chi connectivity index (χ1v) is 21.3. The number of benzene rings is 8. The van der Waals surface area contributed by atoms with E-state index < -0.39 is 5.41 Å². The Morgan fingerprint density at radius 1 is 0.317 bits per heavy atom. The van der Waals surface area contributed by atoms with Crippen LogP contribution in [0, 0.1) is 11.3 Å². The fraction of sp³-hybridized carbons (Fsp3) is 0.0167. The van der Waals surface area contributed by atoms with Gasteiger partial charge in [0.1, 0.15) is 0 Å². The van der Waals surface area contributed by atoms with Crippen molar-refractivity contribution in [2.24, 2.45) is 0 Å². The molecular weight excluding hydrogens is 763 g/mol. The van der Waals surface area contributed by atoms with Crippen LogP contribution in [0.15, 0.2) is 225 Å². The minimum absolute atomic E-state index is 0.581. The molecule has 3 nitrogen and oxygen atoms in total. The van der Waals surface area contributed by atoms with E-state index in [0.29, 0.717) is 5.56 Å². The molecule has 8 aromatic carbocycles. The van der Waals surface area contributed by atoms with Crippen molar-refractivity contribution in [1.82, 2.24) is 9.97 Å². The third kappa shape index (κ3) is 5.88. The predicted octanol–water partition coefficient (Wildman–Crippen LogP) is 14.7. The van der Waals surface area contributed by atoms with E-state index in [0.717, 1.165) is 61.5 Å². The van der Waals surface area contributed by atoms with Crippen molar-refractivity contribution in [1.29, 1.82) is 5.26 Å². The molecule has 0 amide bonds. The molecule has 0 atom stereocenters. The van der Waals surface area contributed by atoms with Crippen molar-refractivity contribution in [3.63, 3.8) is 0 Å². The summed E-state index contributed by atoms with van der Waals surface area (Å²) in [6.07, 6.45) is 3.71. The zero-order chi connectivity index (χ0) is 41.9. The van der Waals surface area contributed by atoms with Crippen molar-refractivity contribution >= 4 is 0 Å². The Morgan fingerprint density at radius 2 is 0.762 bits per heavy atom. The molecule has 10 aromatic rings. The van der Waals surface area contributed by atoms with Crippen LogP contribution in [0.25, 0.3) is 89.3 Å². The highest BCUT2D eigenvalue weighted by atomic mass is 14.7. The molecule has 1 spiro atoms. The first-order chi connectivity index (χ1) is 31.2. The van der Waals surface area contributed by atoms with Gasteiger partial charge < -0.3 is 0 Å². The van der Waals surface area contributed by atoms with Gasteiger partial charge in [-0.15, -0.1) is 0 Å². The molecule has 63 heavy (non-hydrogen) atoms. The van der Waals surface area contributed by atoms with Gasteiger partial charge in [0.25, 0.3) is 0 Å². The van der Waals surface area contributed by atoms with E-state index in [2.05, 4.69) is 211 Å². The van der Waals surface area contributed by atoms with Gasteiger partial charge in [-0.1, -0.05) is 152 Å². The Morgan fingerprint density at radius 3 is 1.41 bits per heavy atom. The van der Waals surface area contributed by atoms with Crippen molar-refractivity contribution in [3.05, 3.63) is 253 Å². The fourth-order valence-corrected chi connectivity index (χ4v) is 10.1. The lowest BCUT2D eigenvalue weighted by Gasteiger charge is -2.30. The summed E-state index contributed by atoms with van der Waals surface area (Å²) in [5.41, 5.74) is 22.6. The van der Waals surface area contributed by atoms with Crippen LogP contribution in [-0.2, 0) is 5.41 Å². The summed E-state index contributed by atoms with van der Waals surface area (Å²) < 4.78 is 0. The Bertz CT molecular complexity index is 3390. The summed E-state index contributed by atoms with van der Waals surface area (Å²) in [4.78, 5) is 9.77. The van der Waals surface area contributed by atoms with Crippen LogP contribution in [0.1, 0.15) is 27.8 Å². The van der Waals surface area contributed by atoms with Gasteiger partial charge in [0.05, 0.1) is 28.4 Å². The third-order valence-corrected chi connectivity index (χ3v) is 13.0. The monoisotopic (exact) mass is 799 g/mol. The highest BCUT2D eigenvalue weighted by molar-refractivity contribution is 5.96. The Kier molecular flexibility index (Phi) is 8.45. The van der Waals surface area contributed by atoms with E-state index >= 15 is 0 Å². The average Bonchev–Trinajstić information content (AvgIpc) is 3.83. The summed E-state index contributed by atoms with van der Waals surface area (Å²) in [6, 6.07) is 78.4. The topological polar surface area (TPSA) is 49.6 Å². The highest BCUT2D eigenvalue weighted by Gasteiger charge is 2.51. The normalized spacial score (nSPS) is 12.6. The number of hydrogen-bond donors (Lipinski definition) is 0. The Labute approximate surface area is 366 Å². The number of hydrogen-bond acceptors (Lipinski definition) is 3. The van der Waals surface area contributed by atoms with Crippen LogP contribution in [-0.4, -0.2) is 9.97 Å². The van der Waals surface area contributed by atoms with Gasteiger partial charge in [-0.3, -0.25) is 4.98 Å². The predicted molar refractivity (Wildman–Crippen MR) is 256 cm³/mol. The summed E-state index contributed by atoms with van der Waals surface area (Å²) in [7, 11) is 0. The second kappa shape index (κ2) is 14.6. The van der Waals surface area contributed by atoms with Gasteiger partial charge in [-0.2, -0.15) is 5.26 Å². The number of nitriles is 1. The van der Waals surface area contributed by atoms with E-state index in [1.165, 1.54) is 50.1 Å². The third-order valence-electron chi connectivity index (χ3n) is 13.0. The van der Waals surface area contributed by atoms with E-state index in [1.54, 1.807) is 0 Å². The van der Waals surface area contributed by atoms with Gasteiger partial charge in [-0.05, 0) is 150 Å². The second-order valence-corrected chi connectivity index (χ2v) is 16.4. The molecule has 2 heterocycles. The maximum Gasteiger partial charge on any atom is 0.0991 e. The highest BCUT2D eigenvalue weighted by Crippen LogP contribution is 2.63. The summed E-state index contributed by atoms with van der Waals surface area (Å²) in [6.45, 7) is 0. The lowest BCUT2D eigenvalue weighted by molar-refractivity contribution is 0.793. The lowest BCUT2D eigenvalue weighted by Crippen LogP contribution is -2.26. The summed E-state index contributed by atoms with van der Waals surface area (Å²) in [5.74, 6) is 0. The minimum Gasteiger partial charge on any atom is -0.265 e. The van der Waals surface area contributed by atoms with Gasteiger partial charge in [-0.25, -0.2) is 4.98 Å². The molecule has 0 fully saturated rings. The number of rotatable bonds is 6. The van der Waals surface area contributed by atoms with Crippen LogP contribution in [0.2, 0.25) is 0 Å². The Balaban J connectivity index is 1.07. The van der Waals surface area contributed by atoms with Gasteiger partial charge in [0.2, 0.25) is 0 Å². The summed E-state index contributed by atoms with van der Waals surface area (Å²) in [5, 5.41) is 10.2. The Hall–Kier alpha value is -8.45. The molecule has 292 valence electrons. The van der Waals surface area contributed by atoms with Crippen molar-refractivity contribution < 1.29 is 0 Å². The second-order valence-electron chi connectivity index (χ2n) is 16.4. The molecule has 2 aliphatic rings. The van der Waals surface area contributed by atoms with E-state index in [4.69, 9.17) is 4.98 Å². The largest absolute Gasteiger partial charge is 0.265 e. The molecule has 2 aromatic heterocycles. The molecule has 12 rings (SSSR count). The molecule has 0 radical (unpaired) electrons. The maximum absolute atomic E-state index is 10.2. The molecule has 3 heteroatoms. The molecule has 0 aliphatic heterocycles. The number of nitrogens with zero attached hydrogens (tertiary/aromatic N) is 3. The van der Waals surface area contributed by atoms with Crippen LogP contribution in [0.4, 0.5) is 0 Å². The smallest absolute Gasteiger partial charge is 0.0991 e. The van der Waals surface area contributed by atoms with Gasteiger partial charge >= 0.3 is 0 Å². The molecule has 0 saturated heterocycles. The standard InChI is InChI=1S/C60H37N3/c61-38-39-19-25-52-53-26-24-45(35-57(53)60(56(52)31-39)54-17-9-7-15-50(54)51-16-8-10-18-55(51)60)47-32-46(43-27-29-62-30-28-43)33-49(34-47)59-37-48(36-58(63-59)44-13-5-2-6-14-44)42-22-20-41(21-23-42)40-11-3-1-4-12-40/h1-37H. The molecule has 0 saturated carbocycles. The lowest BCUT2D eigenvalue weighted by atomic mass is 9.70. The van der Waals surface area contributed by atoms with Crippen molar-refractivity contribution in [2.45, 2.75) is 5.41 Å². The molecular formula is C60H37N3. The van der Waals surface area contributed by atoms with E-state index in [9.17, 15) is 5.26 Å². The first kappa shape index (κ1) is 36.4. The van der Waals surface area contributed by atoms with Crippen molar-refractivity contribution in [3.8, 4) is 95.3 Å². The molecule has 0 N–H and O–H groups in total. The number of aromatic nitrogens is 2. The number of pyridine rings is 2. The van der Waals surface area contributed by atoms with Crippen molar-refractivity contribution in [2.75, 3.05) is 0 Å². The summed E-state index contributed by atoms with van der Waals surface area (Å²) >= 11 is 0. The van der Waals surface area contributed by atoms with E-state index in [1.807, 2.05) is 24.5 Å². The van der Waals surface area contributed by atoms with Crippen LogP contribution < -0.4 is 0 Å².